The molecule has 1 N–H and O–H groups in total. The van der Waals surface area contributed by atoms with E-state index >= 15 is 0 Å². The molecule has 0 aromatic carbocycles. The molecule has 60 valence electrons. The lowest BCUT2D eigenvalue weighted by Gasteiger charge is -2.26. The molecule has 0 radical (unpaired) electrons. The SMILES string of the molecule is c1ncn(CCC2CNC2)n1. The van der Waals surface area contributed by atoms with E-state index in [-0.39, 0.29) is 0 Å². The predicted octanol–water partition coefficient (Wildman–Crippen LogP) is -0.112. The van der Waals surface area contributed by atoms with Crippen LogP contribution in [0.25, 0.3) is 0 Å². The molecule has 1 aromatic rings. The van der Waals surface area contributed by atoms with Gasteiger partial charge in [-0.25, -0.2) is 4.98 Å². The molecule has 1 saturated heterocycles. The molecule has 0 aliphatic carbocycles. The van der Waals surface area contributed by atoms with E-state index in [0.29, 0.717) is 0 Å². The first kappa shape index (κ1) is 6.79. The van der Waals surface area contributed by atoms with Gasteiger partial charge in [-0.15, -0.1) is 0 Å². The quantitative estimate of drug-likeness (QED) is 0.657. The van der Waals surface area contributed by atoms with E-state index in [1.165, 1.54) is 19.5 Å². The van der Waals surface area contributed by atoms with Gasteiger partial charge in [0.1, 0.15) is 12.7 Å². The van der Waals surface area contributed by atoms with Crippen LogP contribution in [0, 0.1) is 5.92 Å². The van der Waals surface area contributed by atoms with Gasteiger partial charge >= 0.3 is 0 Å². The van der Waals surface area contributed by atoms with Gasteiger partial charge in [-0.3, -0.25) is 4.68 Å². The third-order valence-electron chi connectivity index (χ3n) is 2.10. The summed E-state index contributed by atoms with van der Waals surface area (Å²) in [5, 5.41) is 7.28. The number of nitrogens with zero attached hydrogens (tertiary/aromatic N) is 3. The van der Waals surface area contributed by atoms with Crippen LogP contribution in [0.3, 0.4) is 0 Å². The van der Waals surface area contributed by atoms with Gasteiger partial charge in [-0.1, -0.05) is 0 Å². The molecule has 1 fully saturated rings. The van der Waals surface area contributed by atoms with Crippen LogP contribution in [-0.4, -0.2) is 27.9 Å². The van der Waals surface area contributed by atoms with Crippen molar-refractivity contribution in [1.82, 2.24) is 20.1 Å². The zero-order valence-corrected chi connectivity index (χ0v) is 6.40. The van der Waals surface area contributed by atoms with Gasteiger partial charge < -0.3 is 5.32 Å². The number of aromatic nitrogens is 3. The van der Waals surface area contributed by atoms with E-state index in [0.717, 1.165) is 12.5 Å². The van der Waals surface area contributed by atoms with Gasteiger partial charge in [0.2, 0.25) is 0 Å². The molecule has 1 aromatic heterocycles. The number of nitrogens with one attached hydrogen (secondary N) is 1. The van der Waals surface area contributed by atoms with Crippen LogP contribution in [0.1, 0.15) is 6.42 Å². The molecular weight excluding hydrogens is 140 g/mol. The second kappa shape index (κ2) is 3.00. The number of hydrogen-bond acceptors (Lipinski definition) is 3. The summed E-state index contributed by atoms with van der Waals surface area (Å²) in [6, 6.07) is 0. The predicted molar refractivity (Wildman–Crippen MR) is 41.0 cm³/mol. The van der Waals surface area contributed by atoms with Crippen molar-refractivity contribution in [1.29, 1.82) is 0 Å². The van der Waals surface area contributed by atoms with E-state index in [9.17, 15) is 0 Å². The van der Waals surface area contributed by atoms with Crippen LogP contribution in [0.2, 0.25) is 0 Å². The van der Waals surface area contributed by atoms with Crippen LogP contribution in [0.15, 0.2) is 12.7 Å². The molecule has 4 nitrogen and oxygen atoms in total. The Hall–Kier alpha value is -0.900. The molecule has 0 amide bonds. The summed E-state index contributed by atoms with van der Waals surface area (Å²) in [4.78, 5) is 3.88. The minimum absolute atomic E-state index is 0.860. The maximum Gasteiger partial charge on any atom is 0.137 e. The van der Waals surface area contributed by atoms with Crippen molar-refractivity contribution in [3.8, 4) is 0 Å². The summed E-state index contributed by atoms with van der Waals surface area (Å²) in [5.74, 6) is 0.860. The standard InChI is InChI=1S/C7H12N4/c1(7-3-8-4-7)2-11-6-9-5-10-11/h5-8H,1-4H2. The smallest absolute Gasteiger partial charge is 0.137 e. The summed E-state index contributed by atoms with van der Waals surface area (Å²) >= 11 is 0. The maximum atomic E-state index is 4.03. The Labute approximate surface area is 65.6 Å². The fraction of sp³-hybridized carbons (Fsp3) is 0.714. The van der Waals surface area contributed by atoms with E-state index < -0.39 is 0 Å². The largest absolute Gasteiger partial charge is 0.316 e. The first-order chi connectivity index (χ1) is 5.45. The second-order valence-electron chi connectivity index (χ2n) is 2.97. The van der Waals surface area contributed by atoms with Crippen molar-refractivity contribution in [2.45, 2.75) is 13.0 Å². The molecule has 2 rings (SSSR count). The van der Waals surface area contributed by atoms with Gasteiger partial charge in [0.15, 0.2) is 0 Å². The summed E-state index contributed by atoms with van der Waals surface area (Å²) in [6.45, 7) is 3.36. The fourth-order valence-corrected chi connectivity index (χ4v) is 1.22. The monoisotopic (exact) mass is 152 g/mol. The Morgan fingerprint density at radius 2 is 2.45 bits per heavy atom. The lowest BCUT2D eigenvalue weighted by atomic mass is 10.00. The van der Waals surface area contributed by atoms with Crippen LogP contribution >= 0.6 is 0 Å². The van der Waals surface area contributed by atoms with Gasteiger partial charge in [0, 0.05) is 6.54 Å². The molecule has 0 saturated carbocycles. The fourth-order valence-electron chi connectivity index (χ4n) is 1.22. The van der Waals surface area contributed by atoms with E-state index in [1.54, 1.807) is 12.7 Å². The molecule has 4 heteroatoms. The summed E-state index contributed by atoms with van der Waals surface area (Å²) < 4.78 is 1.89. The lowest BCUT2D eigenvalue weighted by molar-refractivity contribution is 0.307. The first-order valence-corrected chi connectivity index (χ1v) is 3.98. The normalized spacial score (nSPS) is 18.2. The van der Waals surface area contributed by atoms with Crippen molar-refractivity contribution in [2.75, 3.05) is 13.1 Å². The topological polar surface area (TPSA) is 42.7 Å². The molecule has 0 bridgehead atoms. The number of hydrogen-bond donors (Lipinski definition) is 1. The van der Waals surface area contributed by atoms with Crippen LogP contribution < -0.4 is 5.32 Å². The van der Waals surface area contributed by atoms with Gasteiger partial charge in [-0.05, 0) is 25.4 Å². The van der Waals surface area contributed by atoms with E-state index in [1.807, 2.05) is 4.68 Å². The molecule has 0 unspecified atom stereocenters. The van der Waals surface area contributed by atoms with Gasteiger partial charge in [-0.2, -0.15) is 5.10 Å². The molecule has 1 aliphatic heterocycles. The molecule has 2 heterocycles. The van der Waals surface area contributed by atoms with Crippen molar-refractivity contribution < 1.29 is 0 Å². The maximum absolute atomic E-state index is 4.03. The lowest BCUT2D eigenvalue weighted by Crippen LogP contribution is -2.42. The highest BCUT2D eigenvalue weighted by atomic mass is 15.3. The zero-order chi connectivity index (χ0) is 7.52. The molecule has 1 aliphatic rings. The minimum Gasteiger partial charge on any atom is -0.316 e. The summed E-state index contributed by atoms with van der Waals surface area (Å²) in [6.07, 6.45) is 4.57. The van der Waals surface area contributed by atoms with Crippen molar-refractivity contribution in [3.05, 3.63) is 12.7 Å². The molecular formula is C7H12N4. The molecule has 0 spiro atoms. The minimum atomic E-state index is 0.860. The van der Waals surface area contributed by atoms with Gasteiger partial charge in [0.05, 0.1) is 0 Å². The van der Waals surface area contributed by atoms with Crippen molar-refractivity contribution >= 4 is 0 Å². The van der Waals surface area contributed by atoms with Crippen LogP contribution in [-0.2, 0) is 6.54 Å². The third-order valence-corrected chi connectivity index (χ3v) is 2.10. The zero-order valence-electron chi connectivity index (χ0n) is 6.40. The Kier molecular flexibility index (Phi) is 1.85. The van der Waals surface area contributed by atoms with Crippen molar-refractivity contribution in [2.24, 2.45) is 5.92 Å². The Morgan fingerprint density at radius 3 is 3.00 bits per heavy atom. The molecule has 0 atom stereocenters. The molecule has 11 heavy (non-hydrogen) atoms. The van der Waals surface area contributed by atoms with Crippen LogP contribution in [0.5, 0.6) is 0 Å². The van der Waals surface area contributed by atoms with Crippen molar-refractivity contribution in [3.63, 3.8) is 0 Å². The van der Waals surface area contributed by atoms with Gasteiger partial charge in [0.25, 0.3) is 0 Å². The Morgan fingerprint density at radius 1 is 1.55 bits per heavy atom. The first-order valence-electron chi connectivity index (χ1n) is 3.98. The highest BCUT2D eigenvalue weighted by molar-refractivity contribution is 4.74. The average molecular weight is 152 g/mol. The average Bonchev–Trinajstić information content (AvgIpc) is 2.36. The number of rotatable bonds is 3. The Balaban J connectivity index is 1.74. The third kappa shape index (κ3) is 1.57. The van der Waals surface area contributed by atoms with E-state index in [4.69, 9.17) is 0 Å². The highest BCUT2D eigenvalue weighted by Gasteiger charge is 2.15. The second-order valence-corrected chi connectivity index (χ2v) is 2.97. The number of aryl methyl sites for hydroxylation is 1. The Bertz CT molecular complexity index is 202. The highest BCUT2D eigenvalue weighted by Crippen LogP contribution is 2.08. The van der Waals surface area contributed by atoms with E-state index in [2.05, 4.69) is 15.4 Å². The summed E-state index contributed by atoms with van der Waals surface area (Å²) in [7, 11) is 0. The van der Waals surface area contributed by atoms with Crippen LogP contribution in [0.4, 0.5) is 0 Å². The summed E-state index contributed by atoms with van der Waals surface area (Å²) in [5.41, 5.74) is 0.